The van der Waals surface area contributed by atoms with Gasteiger partial charge < -0.3 is 19.3 Å². The third-order valence-corrected chi connectivity index (χ3v) is 6.65. The zero-order valence-electron chi connectivity index (χ0n) is 18.0. The zero-order chi connectivity index (χ0) is 21.6. The van der Waals surface area contributed by atoms with Crippen LogP contribution < -0.4 is 19.8 Å². The van der Waals surface area contributed by atoms with Crippen molar-refractivity contribution < 1.29 is 19.3 Å². The van der Waals surface area contributed by atoms with E-state index in [4.69, 9.17) is 14.2 Å². The normalized spacial score (nSPS) is 26.9. The van der Waals surface area contributed by atoms with Gasteiger partial charge in [0.2, 0.25) is 6.79 Å². The van der Waals surface area contributed by atoms with Gasteiger partial charge in [0.1, 0.15) is 5.75 Å². The van der Waals surface area contributed by atoms with Crippen molar-refractivity contribution in [1.29, 1.82) is 0 Å². The molecule has 2 saturated heterocycles. The molecule has 0 saturated carbocycles. The van der Waals surface area contributed by atoms with Crippen LogP contribution in [0.5, 0.6) is 17.2 Å². The Bertz CT molecular complexity index is 1020. The average Bonchev–Trinajstić information content (AvgIpc) is 3.27. The standard InChI is InChI=1S/C23H29N3O5/c1-3-29-19-9-21-20(30-14-31-21)8-16(19)12-25-17-5-6-18(25)11-23(28,10-17)13-26-22(27)7-4-15(2)24-26/h4,7-9,17-18,28H,3,5-6,10-14H2,1-2H3/t17-,18-/m1/s1. The van der Waals surface area contributed by atoms with E-state index in [1.54, 1.807) is 6.07 Å². The molecule has 31 heavy (non-hydrogen) atoms. The van der Waals surface area contributed by atoms with Crippen LogP contribution in [0.15, 0.2) is 29.1 Å². The molecule has 0 amide bonds. The number of ether oxygens (including phenoxy) is 3. The molecule has 2 fully saturated rings. The minimum atomic E-state index is -0.926. The molecule has 166 valence electrons. The predicted molar refractivity (Wildman–Crippen MR) is 114 cm³/mol. The number of fused-ring (bicyclic) bond motifs is 3. The molecule has 5 rings (SSSR count). The van der Waals surface area contributed by atoms with Crippen LogP contribution in [0.2, 0.25) is 0 Å². The topological polar surface area (TPSA) is 86.1 Å². The van der Waals surface area contributed by atoms with Gasteiger partial charge in [-0.05, 0) is 51.7 Å². The fraction of sp³-hybridized carbons (Fsp3) is 0.565. The minimum absolute atomic E-state index is 0.171. The second-order valence-electron chi connectivity index (χ2n) is 8.91. The highest BCUT2D eigenvalue weighted by atomic mass is 16.7. The molecule has 2 aromatic rings. The molecule has 1 N–H and O–H groups in total. The minimum Gasteiger partial charge on any atom is -0.493 e. The summed E-state index contributed by atoms with van der Waals surface area (Å²) in [5.74, 6) is 2.30. The lowest BCUT2D eigenvalue weighted by molar-refractivity contribution is -0.0679. The van der Waals surface area contributed by atoms with Crippen LogP contribution in [0.25, 0.3) is 0 Å². The predicted octanol–water partition coefficient (Wildman–Crippen LogP) is 2.24. The first kappa shape index (κ1) is 20.3. The Kier molecular flexibility index (Phi) is 5.14. The van der Waals surface area contributed by atoms with Gasteiger partial charge in [-0.1, -0.05) is 0 Å². The molecule has 0 radical (unpaired) electrons. The number of rotatable bonds is 6. The summed E-state index contributed by atoms with van der Waals surface area (Å²) < 4.78 is 18.4. The van der Waals surface area contributed by atoms with Gasteiger partial charge in [-0.2, -0.15) is 5.10 Å². The largest absolute Gasteiger partial charge is 0.493 e. The second kappa shape index (κ2) is 7.84. The average molecular weight is 428 g/mol. The van der Waals surface area contributed by atoms with Crippen molar-refractivity contribution in [3.05, 3.63) is 45.9 Å². The SMILES string of the molecule is CCOc1cc2c(cc1CN1[C@@H]3CC[C@@H]1CC(O)(Cn1nc(C)ccc1=O)C3)OCO2. The number of hydrogen-bond acceptors (Lipinski definition) is 7. The third-order valence-electron chi connectivity index (χ3n) is 6.65. The summed E-state index contributed by atoms with van der Waals surface area (Å²) >= 11 is 0. The fourth-order valence-electron chi connectivity index (χ4n) is 5.32. The zero-order valence-corrected chi connectivity index (χ0v) is 18.0. The van der Waals surface area contributed by atoms with Gasteiger partial charge in [-0.15, -0.1) is 0 Å². The van der Waals surface area contributed by atoms with Crippen LogP contribution in [0.3, 0.4) is 0 Å². The highest BCUT2D eigenvalue weighted by molar-refractivity contribution is 5.52. The van der Waals surface area contributed by atoms with E-state index in [1.807, 2.05) is 26.0 Å². The van der Waals surface area contributed by atoms with Crippen molar-refractivity contribution in [3.8, 4) is 17.2 Å². The Hall–Kier alpha value is -2.58. The molecule has 8 heteroatoms. The van der Waals surface area contributed by atoms with Crippen molar-refractivity contribution in [2.24, 2.45) is 0 Å². The number of benzene rings is 1. The lowest BCUT2D eigenvalue weighted by Gasteiger charge is -2.44. The lowest BCUT2D eigenvalue weighted by atomic mass is 9.85. The van der Waals surface area contributed by atoms with Gasteiger partial charge in [-0.3, -0.25) is 9.69 Å². The van der Waals surface area contributed by atoms with E-state index in [0.29, 0.717) is 19.4 Å². The number of aryl methyl sites for hydroxylation is 1. The maximum absolute atomic E-state index is 12.2. The maximum Gasteiger partial charge on any atom is 0.266 e. The van der Waals surface area contributed by atoms with Gasteiger partial charge in [-0.25, -0.2) is 4.68 Å². The first-order valence-electron chi connectivity index (χ1n) is 11.0. The smallest absolute Gasteiger partial charge is 0.266 e. The van der Waals surface area contributed by atoms with E-state index < -0.39 is 5.60 Å². The van der Waals surface area contributed by atoms with Crippen LogP contribution in [0.4, 0.5) is 0 Å². The molecule has 1 aromatic carbocycles. The summed E-state index contributed by atoms with van der Waals surface area (Å²) in [6.45, 7) is 5.62. The maximum atomic E-state index is 12.2. The fourth-order valence-corrected chi connectivity index (χ4v) is 5.32. The number of hydrogen-bond donors (Lipinski definition) is 1. The van der Waals surface area contributed by atoms with Crippen molar-refractivity contribution >= 4 is 0 Å². The molecule has 2 bridgehead atoms. The lowest BCUT2D eigenvalue weighted by Crippen LogP contribution is -2.53. The molecule has 2 atom stereocenters. The molecular formula is C23H29N3O5. The van der Waals surface area contributed by atoms with E-state index in [0.717, 1.165) is 47.9 Å². The Labute approximate surface area is 181 Å². The first-order valence-corrected chi connectivity index (χ1v) is 11.0. The van der Waals surface area contributed by atoms with Gasteiger partial charge in [0.15, 0.2) is 11.5 Å². The molecule has 0 spiro atoms. The number of aliphatic hydroxyl groups is 1. The highest BCUT2D eigenvalue weighted by Crippen LogP contribution is 2.44. The van der Waals surface area contributed by atoms with Gasteiger partial charge in [0.05, 0.1) is 24.4 Å². The summed E-state index contributed by atoms with van der Waals surface area (Å²) in [4.78, 5) is 14.7. The molecule has 1 aromatic heterocycles. The van der Waals surface area contributed by atoms with Crippen molar-refractivity contribution in [2.45, 2.75) is 70.3 Å². The quantitative estimate of drug-likeness (QED) is 0.757. The summed E-state index contributed by atoms with van der Waals surface area (Å²) in [7, 11) is 0. The molecule has 3 aliphatic heterocycles. The van der Waals surface area contributed by atoms with Gasteiger partial charge in [0.25, 0.3) is 5.56 Å². The Morgan fingerprint density at radius 1 is 1.19 bits per heavy atom. The molecular weight excluding hydrogens is 398 g/mol. The van der Waals surface area contributed by atoms with Crippen LogP contribution in [0.1, 0.15) is 43.9 Å². The highest BCUT2D eigenvalue weighted by Gasteiger charge is 2.48. The number of nitrogens with zero attached hydrogens (tertiary/aromatic N) is 3. The number of aromatic nitrogens is 2. The van der Waals surface area contributed by atoms with E-state index in [9.17, 15) is 9.90 Å². The van der Waals surface area contributed by atoms with Crippen LogP contribution in [-0.4, -0.2) is 50.9 Å². The van der Waals surface area contributed by atoms with Crippen LogP contribution >= 0.6 is 0 Å². The third kappa shape index (κ3) is 3.90. The van der Waals surface area contributed by atoms with E-state index >= 15 is 0 Å². The monoisotopic (exact) mass is 427 g/mol. The van der Waals surface area contributed by atoms with E-state index in [-0.39, 0.29) is 31.0 Å². The van der Waals surface area contributed by atoms with Crippen molar-refractivity contribution in [3.63, 3.8) is 0 Å². The molecule has 3 aliphatic rings. The summed E-state index contributed by atoms with van der Waals surface area (Å²) in [6.07, 6.45) is 3.33. The van der Waals surface area contributed by atoms with E-state index in [1.165, 1.54) is 10.7 Å². The summed E-state index contributed by atoms with van der Waals surface area (Å²) in [5.41, 5.74) is 0.750. The van der Waals surface area contributed by atoms with E-state index in [2.05, 4.69) is 10.00 Å². The van der Waals surface area contributed by atoms with Crippen molar-refractivity contribution in [2.75, 3.05) is 13.4 Å². The summed E-state index contributed by atoms with van der Waals surface area (Å²) in [6, 6.07) is 7.66. The second-order valence-corrected chi connectivity index (χ2v) is 8.91. The molecule has 0 unspecified atom stereocenters. The summed E-state index contributed by atoms with van der Waals surface area (Å²) in [5, 5.41) is 15.7. The number of piperidine rings is 1. The molecule has 4 heterocycles. The van der Waals surface area contributed by atoms with Crippen molar-refractivity contribution in [1.82, 2.24) is 14.7 Å². The van der Waals surface area contributed by atoms with Gasteiger partial charge in [0, 0.05) is 36.3 Å². The van der Waals surface area contributed by atoms with Crippen LogP contribution in [0, 0.1) is 6.92 Å². The first-order chi connectivity index (χ1) is 14.9. The van der Waals surface area contributed by atoms with Gasteiger partial charge >= 0.3 is 0 Å². The Morgan fingerprint density at radius 2 is 1.90 bits per heavy atom. The van der Waals surface area contributed by atoms with Crippen LogP contribution in [-0.2, 0) is 13.1 Å². The Morgan fingerprint density at radius 3 is 2.61 bits per heavy atom. The molecule has 8 nitrogen and oxygen atoms in total. The Balaban J connectivity index is 1.35. The molecule has 0 aliphatic carbocycles.